The highest BCUT2D eigenvalue weighted by Crippen LogP contribution is 2.18. The van der Waals surface area contributed by atoms with Crippen molar-refractivity contribution in [3.05, 3.63) is 40.4 Å². The first-order valence-corrected chi connectivity index (χ1v) is 8.45. The molecule has 0 saturated carbocycles. The fraction of sp³-hybridized carbons (Fsp3) is 0.357. The number of rotatable bonds is 6. The molecule has 0 fully saturated rings. The molecule has 4 N–H and O–H groups in total. The average Bonchev–Trinajstić information content (AvgIpc) is 2.38. The smallest absolute Gasteiger partial charge is 0.274 e. The zero-order valence-corrected chi connectivity index (χ0v) is 14.3. The van der Waals surface area contributed by atoms with Crippen molar-refractivity contribution < 1.29 is 13.2 Å². The van der Waals surface area contributed by atoms with Crippen molar-refractivity contribution in [2.24, 2.45) is 5.14 Å². The Kier molecular flexibility index (Phi) is 6.13. The van der Waals surface area contributed by atoms with Crippen LogP contribution in [0, 0.1) is 0 Å². The summed E-state index contributed by atoms with van der Waals surface area (Å²) in [6.07, 6.45) is 1.67. The zero-order valence-electron chi connectivity index (χ0n) is 12.7. The molecule has 8 heteroatoms. The van der Waals surface area contributed by atoms with Gasteiger partial charge >= 0.3 is 0 Å². The normalized spacial score (nSPS) is 13.0. The first-order valence-electron chi connectivity index (χ1n) is 6.53. The van der Waals surface area contributed by atoms with Crippen molar-refractivity contribution in [1.82, 2.24) is 10.0 Å². The summed E-state index contributed by atoms with van der Waals surface area (Å²) in [6.45, 7) is 5.01. The number of hydrogen-bond acceptors (Lipinski definition) is 3. The number of carbonyl (C=O) groups is 1. The highest BCUT2D eigenvalue weighted by Gasteiger charge is 2.22. The summed E-state index contributed by atoms with van der Waals surface area (Å²) in [7, 11) is -3.80. The number of benzene rings is 1. The molecule has 0 aromatic heterocycles. The number of halogens is 1. The van der Waals surface area contributed by atoms with Crippen molar-refractivity contribution in [2.75, 3.05) is 6.54 Å². The summed E-state index contributed by atoms with van der Waals surface area (Å²) in [5.41, 5.74) is 0.396. The van der Waals surface area contributed by atoms with Crippen LogP contribution >= 0.6 is 11.6 Å². The van der Waals surface area contributed by atoms with Crippen molar-refractivity contribution in [3.63, 3.8) is 0 Å². The molecule has 1 aromatic carbocycles. The van der Waals surface area contributed by atoms with E-state index in [1.807, 2.05) is 6.07 Å². The Morgan fingerprint density at radius 3 is 2.50 bits per heavy atom. The molecule has 0 aliphatic carbocycles. The van der Waals surface area contributed by atoms with E-state index in [0.717, 1.165) is 5.56 Å². The fourth-order valence-corrected chi connectivity index (χ4v) is 2.37. The summed E-state index contributed by atoms with van der Waals surface area (Å²) >= 11 is 6.04. The molecule has 0 aliphatic rings. The lowest BCUT2D eigenvalue weighted by molar-refractivity contribution is -0.118. The molecule has 0 atom stereocenters. The molecule has 1 aromatic rings. The van der Waals surface area contributed by atoms with Crippen LogP contribution in [0.25, 0.3) is 6.08 Å². The van der Waals surface area contributed by atoms with E-state index < -0.39 is 15.7 Å². The molecule has 1 amide bonds. The van der Waals surface area contributed by atoms with E-state index in [2.05, 4.69) is 10.0 Å². The number of nitrogens with two attached hydrogens (primary N) is 1. The molecular formula is C14H20ClN3O3S. The fourth-order valence-electron chi connectivity index (χ4n) is 1.62. The third-order valence-corrected chi connectivity index (χ3v) is 3.69. The zero-order chi connectivity index (χ0) is 17.0. The summed E-state index contributed by atoms with van der Waals surface area (Å²) in [4.78, 5) is 12.2. The van der Waals surface area contributed by atoms with Gasteiger partial charge in [0.05, 0.1) is 0 Å². The van der Waals surface area contributed by atoms with E-state index >= 15 is 0 Å². The van der Waals surface area contributed by atoms with Crippen LogP contribution in [0.2, 0.25) is 5.02 Å². The minimum absolute atomic E-state index is 0.0169. The van der Waals surface area contributed by atoms with Gasteiger partial charge in [-0.1, -0.05) is 29.8 Å². The second-order valence-electron chi connectivity index (χ2n) is 5.55. The summed E-state index contributed by atoms with van der Waals surface area (Å²) < 4.78 is 24.0. The van der Waals surface area contributed by atoms with Gasteiger partial charge in [0.1, 0.15) is 0 Å². The monoisotopic (exact) mass is 345 g/mol. The predicted molar refractivity (Wildman–Crippen MR) is 88.4 cm³/mol. The van der Waals surface area contributed by atoms with E-state index in [9.17, 15) is 13.2 Å². The van der Waals surface area contributed by atoms with Gasteiger partial charge in [0.25, 0.3) is 10.2 Å². The first kappa shape index (κ1) is 18.6. The maximum absolute atomic E-state index is 12.2. The van der Waals surface area contributed by atoms with Gasteiger partial charge in [0.2, 0.25) is 5.91 Å². The Hall–Kier alpha value is -1.41. The van der Waals surface area contributed by atoms with Crippen LogP contribution in [0.1, 0.15) is 26.3 Å². The van der Waals surface area contributed by atoms with Gasteiger partial charge in [-0.2, -0.15) is 8.42 Å². The van der Waals surface area contributed by atoms with Gasteiger partial charge < -0.3 is 5.32 Å². The molecule has 0 bridgehead atoms. The van der Waals surface area contributed by atoms with E-state index in [1.165, 1.54) is 0 Å². The predicted octanol–water partition coefficient (Wildman–Crippen LogP) is 1.43. The third kappa shape index (κ3) is 6.57. The highest BCUT2D eigenvalue weighted by molar-refractivity contribution is 7.87. The number of nitrogens with one attached hydrogen (secondary N) is 2. The molecule has 0 saturated heterocycles. The van der Waals surface area contributed by atoms with Crippen LogP contribution in [0.4, 0.5) is 0 Å². The Morgan fingerprint density at radius 1 is 1.36 bits per heavy atom. The molecule has 0 unspecified atom stereocenters. The van der Waals surface area contributed by atoms with Gasteiger partial charge in [-0.05, 0) is 38.5 Å². The standard InChI is InChI=1S/C14H20ClN3O3S/c1-10(8-11-6-4-5-7-12(11)15)13(19)18-14(2,3)9-17-22(16,20)21/h4-8,17H,9H2,1-3H3,(H,18,19)(H2,16,20,21). The second-order valence-corrected chi connectivity index (χ2v) is 7.34. The van der Waals surface area contributed by atoms with Crippen LogP contribution in [0.15, 0.2) is 29.8 Å². The summed E-state index contributed by atoms with van der Waals surface area (Å²) in [5, 5.41) is 8.16. The van der Waals surface area contributed by atoms with Crippen LogP contribution in [-0.4, -0.2) is 26.4 Å². The van der Waals surface area contributed by atoms with E-state index in [1.54, 1.807) is 45.0 Å². The Morgan fingerprint density at radius 2 is 1.95 bits per heavy atom. The summed E-state index contributed by atoms with van der Waals surface area (Å²) in [5.74, 6) is -0.318. The molecule has 0 aliphatic heterocycles. The van der Waals surface area contributed by atoms with Crippen LogP contribution in [-0.2, 0) is 15.0 Å². The second kappa shape index (κ2) is 7.23. The molecule has 1 rings (SSSR count). The van der Waals surface area contributed by atoms with Crippen LogP contribution < -0.4 is 15.2 Å². The number of hydrogen-bond donors (Lipinski definition) is 3. The van der Waals surface area contributed by atoms with Crippen LogP contribution in [0.5, 0.6) is 0 Å². The molecule has 0 heterocycles. The average molecular weight is 346 g/mol. The van der Waals surface area contributed by atoms with Crippen molar-refractivity contribution in [2.45, 2.75) is 26.3 Å². The first-order chi connectivity index (χ1) is 10.0. The molecule has 0 spiro atoms. The lowest BCUT2D eigenvalue weighted by atomic mass is 10.0. The molecule has 6 nitrogen and oxygen atoms in total. The van der Waals surface area contributed by atoms with Crippen molar-refractivity contribution in [3.8, 4) is 0 Å². The molecular weight excluding hydrogens is 326 g/mol. The summed E-state index contributed by atoms with van der Waals surface area (Å²) in [6, 6.07) is 7.16. The lowest BCUT2D eigenvalue weighted by Gasteiger charge is -2.26. The lowest BCUT2D eigenvalue weighted by Crippen LogP contribution is -2.52. The van der Waals surface area contributed by atoms with Gasteiger partial charge in [-0.25, -0.2) is 9.86 Å². The van der Waals surface area contributed by atoms with Gasteiger partial charge in [0.15, 0.2) is 0 Å². The SMILES string of the molecule is CC(=Cc1ccccc1Cl)C(=O)NC(C)(C)CNS(N)(=O)=O. The van der Waals surface area contributed by atoms with Gasteiger partial charge in [0, 0.05) is 22.7 Å². The maximum atomic E-state index is 12.2. The molecule has 0 radical (unpaired) electrons. The highest BCUT2D eigenvalue weighted by atomic mass is 35.5. The quantitative estimate of drug-likeness (QED) is 0.680. The number of carbonyl (C=O) groups excluding carboxylic acids is 1. The Bertz CT molecular complexity index is 684. The Labute approximate surface area is 135 Å². The van der Waals surface area contributed by atoms with E-state index in [4.69, 9.17) is 16.7 Å². The van der Waals surface area contributed by atoms with Gasteiger partial charge in [-0.15, -0.1) is 0 Å². The van der Waals surface area contributed by atoms with Crippen molar-refractivity contribution >= 4 is 33.8 Å². The van der Waals surface area contributed by atoms with Crippen molar-refractivity contribution in [1.29, 1.82) is 0 Å². The molecule has 122 valence electrons. The van der Waals surface area contributed by atoms with Gasteiger partial charge in [-0.3, -0.25) is 4.79 Å². The minimum atomic E-state index is -3.80. The topological polar surface area (TPSA) is 101 Å². The third-order valence-electron chi connectivity index (χ3n) is 2.80. The van der Waals surface area contributed by atoms with E-state index in [0.29, 0.717) is 10.6 Å². The minimum Gasteiger partial charge on any atom is -0.346 e. The number of amides is 1. The maximum Gasteiger partial charge on any atom is 0.274 e. The van der Waals surface area contributed by atoms with Crippen LogP contribution in [0.3, 0.4) is 0 Å². The van der Waals surface area contributed by atoms with E-state index in [-0.39, 0.29) is 12.5 Å². The Balaban J connectivity index is 2.77. The largest absolute Gasteiger partial charge is 0.346 e. The molecule has 22 heavy (non-hydrogen) atoms.